The molecule has 5 nitrogen and oxygen atoms in total. The van der Waals surface area contributed by atoms with Gasteiger partial charge in [0.2, 0.25) is 5.91 Å². The van der Waals surface area contributed by atoms with Gasteiger partial charge in [0.1, 0.15) is 0 Å². The van der Waals surface area contributed by atoms with Crippen molar-refractivity contribution in [3.63, 3.8) is 0 Å². The summed E-state index contributed by atoms with van der Waals surface area (Å²) in [6.45, 7) is 4.05. The Morgan fingerprint density at radius 1 is 1.30 bits per heavy atom. The van der Waals surface area contributed by atoms with E-state index in [4.69, 9.17) is 0 Å². The van der Waals surface area contributed by atoms with Crippen LogP contribution in [0.3, 0.4) is 0 Å². The van der Waals surface area contributed by atoms with Gasteiger partial charge in [-0.15, -0.1) is 0 Å². The summed E-state index contributed by atoms with van der Waals surface area (Å²) in [7, 11) is 1.86. The maximum atomic E-state index is 12.0. The van der Waals surface area contributed by atoms with Crippen LogP contribution in [0.25, 0.3) is 0 Å². The van der Waals surface area contributed by atoms with Gasteiger partial charge in [-0.25, -0.2) is 0 Å². The van der Waals surface area contributed by atoms with Gasteiger partial charge in [-0.2, -0.15) is 5.10 Å². The van der Waals surface area contributed by atoms with E-state index in [0.29, 0.717) is 0 Å². The third-order valence-electron chi connectivity index (χ3n) is 3.07. The van der Waals surface area contributed by atoms with Gasteiger partial charge in [0, 0.05) is 16.3 Å². The number of anilines is 2. The molecule has 0 saturated carbocycles. The summed E-state index contributed by atoms with van der Waals surface area (Å²) in [5, 5.41) is 10.3. The quantitative estimate of drug-likeness (QED) is 0.798. The summed E-state index contributed by atoms with van der Waals surface area (Å²) in [6.07, 6.45) is 0. The minimum Gasteiger partial charge on any atom is -0.376 e. The molecule has 6 heteroatoms. The fourth-order valence-electron chi connectivity index (χ4n) is 1.89. The zero-order valence-corrected chi connectivity index (χ0v) is 13.9. The van der Waals surface area contributed by atoms with Crippen molar-refractivity contribution in [3.8, 4) is 0 Å². The van der Waals surface area contributed by atoms with E-state index in [0.717, 1.165) is 22.8 Å². The van der Waals surface area contributed by atoms with Crippen molar-refractivity contribution >= 4 is 39.9 Å². The summed E-state index contributed by atoms with van der Waals surface area (Å²) in [6, 6.07) is 7.90. The second-order valence-corrected chi connectivity index (χ2v) is 5.82. The molecule has 2 N–H and O–H groups in total. The molecule has 1 aromatic carbocycles. The van der Waals surface area contributed by atoms with Crippen molar-refractivity contribution in [2.75, 3.05) is 17.2 Å². The third-order valence-corrected chi connectivity index (χ3v) is 3.79. The maximum Gasteiger partial charge on any atom is 0.243 e. The summed E-state index contributed by atoms with van der Waals surface area (Å²) >= 11 is 2.25. The predicted octanol–water partition coefficient (Wildman–Crippen LogP) is 2.69. The number of amides is 1. The Kier molecular flexibility index (Phi) is 4.64. The van der Waals surface area contributed by atoms with E-state index in [2.05, 4.69) is 38.3 Å². The fraction of sp³-hybridized carbons (Fsp3) is 0.286. The van der Waals surface area contributed by atoms with Crippen LogP contribution in [0.1, 0.15) is 11.4 Å². The lowest BCUT2D eigenvalue weighted by Gasteiger charge is -2.08. The van der Waals surface area contributed by atoms with Crippen LogP contribution in [0.2, 0.25) is 0 Å². The lowest BCUT2D eigenvalue weighted by molar-refractivity contribution is -0.114. The van der Waals surface area contributed by atoms with Crippen molar-refractivity contribution in [2.24, 2.45) is 7.05 Å². The van der Waals surface area contributed by atoms with Crippen molar-refractivity contribution in [3.05, 3.63) is 39.2 Å². The van der Waals surface area contributed by atoms with Crippen LogP contribution in [-0.2, 0) is 11.8 Å². The first-order chi connectivity index (χ1) is 9.47. The summed E-state index contributed by atoms with van der Waals surface area (Å²) in [5.74, 6) is -0.0808. The first-order valence-corrected chi connectivity index (χ1v) is 7.34. The molecule has 0 aliphatic heterocycles. The minimum absolute atomic E-state index is 0.0808. The molecule has 0 spiro atoms. The van der Waals surface area contributed by atoms with Crippen LogP contribution < -0.4 is 10.6 Å². The second kappa shape index (κ2) is 6.25. The molecular weight excluding hydrogens is 367 g/mol. The number of rotatable bonds is 4. The highest BCUT2D eigenvalue weighted by atomic mass is 127. The van der Waals surface area contributed by atoms with E-state index < -0.39 is 0 Å². The van der Waals surface area contributed by atoms with Crippen LogP contribution in [-0.4, -0.2) is 22.2 Å². The van der Waals surface area contributed by atoms with Crippen molar-refractivity contribution < 1.29 is 4.79 Å². The van der Waals surface area contributed by atoms with Crippen LogP contribution in [0.5, 0.6) is 0 Å². The van der Waals surface area contributed by atoms with Crippen molar-refractivity contribution in [1.82, 2.24) is 9.78 Å². The zero-order chi connectivity index (χ0) is 14.7. The topological polar surface area (TPSA) is 59.0 Å². The van der Waals surface area contributed by atoms with Crippen LogP contribution in [0, 0.1) is 17.4 Å². The van der Waals surface area contributed by atoms with Gasteiger partial charge in [-0.1, -0.05) is 0 Å². The zero-order valence-electron chi connectivity index (χ0n) is 11.7. The summed E-state index contributed by atoms with van der Waals surface area (Å²) in [4.78, 5) is 12.0. The van der Waals surface area contributed by atoms with Gasteiger partial charge < -0.3 is 10.6 Å². The molecule has 0 unspecified atom stereocenters. The van der Waals surface area contributed by atoms with Crippen LogP contribution in [0.4, 0.5) is 11.4 Å². The van der Waals surface area contributed by atoms with Gasteiger partial charge in [0.25, 0.3) is 0 Å². The molecule has 2 rings (SSSR count). The average Bonchev–Trinajstić information content (AvgIpc) is 2.65. The number of aromatic nitrogens is 2. The molecule has 0 saturated heterocycles. The molecule has 0 radical (unpaired) electrons. The number of hydrogen-bond acceptors (Lipinski definition) is 3. The highest BCUT2D eigenvalue weighted by molar-refractivity contribution is 14.1. The highest BCUT2D eigenvalue weighted by Gasteiger charge is 2.12. The molecule has 1 aromatic heterocycles. The summed E-state index contributed by atoms with van der Waals surface area (Å²) in [5.41, 5.74) is 3.50. The van der Waals surface area contributed by atoms with E-state index in [1.165, 1.54) is 3.57 Å². The van der Waals surface area contributed by atoms with Crippen LogP contribution >= 0.6 is 22.6 Å². The number of carbonyl (C=O) groups excluding carboxylic acids is 1. The van der Waals surface area contributed by atoms with E-state index in [1.54, 1.807) is 4.68 Å². The van der Waals surface area contributed by atoms with Gasteiger partial charge in [0.15, 0.2) is 0 Å². The molecule has 2 aromatic rings. The van der Waals surface area contributed by atoms with E-state index >= 15 is 0 Å². The van der Waals surface area contributed by atoms with Gasteiger partial charge in [0.05, 0.1) is 23.6 Å². The Hall–Kier alpha value is -1.57. The number of carbonyl (C=O) groups is 1. The van der Waals surface area contributed by atoms with Gasteiger partial charge in [-0.05, 0) is 60.7 Å². The molecule has 1 heterocycles. The highest BCUT2D eigenvalue weighted by Crippen LogP contribution is 2.18. The first kappa shape index (κ1) is 14.8. The largest absolute Gasteiger partial charge is 0.376 e. The molecule has 0 atom stereocenters. The van der Waals surface area contributed by atoms with E-state index in [-0.39, 0.29) is 12.5 Å². The van der Waals surface area contributed by atoms with E-state index in [9.17, 15) is 4.79 Å². The van der Waals surface area contributed by atoms with Crippen molar-refractivity contribution in [1.29, 1.82) is 0 Å². The lowest BCUT2D eigenvalue weighted by Crippen LogP contribution is -2.22. The molecule has 0 bridgehead atoms. The number of halogens is 1. The number of nitrogens with one attached hydrogen (secondary N) is 2. The Morgan fingerprint density at radius 3 is 2.50 bits per heavy atom. The smallest absolute Gasteiger partial charge is 0.243 e. The second-order valence-electron chi connectivity index (χ2n) is 4.58. The summed E-state index contributed by atoms with van der Waals surface area (Å²) < 4.78 is 2.93. The standard InChI is InChI=1S/C14H17IN4O/c1-9-14(10(2)19(3)18-9)17-13(20)8-16-12-6-4-11(15)5-7-12/h4-7,16H,8H2,1-3H3,(H,17,20). The van der Waals surface area contributed by atoms with Crippen molar-refractivity contribution in [2.45, 2.75) is 13.8 Å². The molecule has 0 aliphatic carbocycles. The Labute approximate surface area is 131 Å². The third kappa shape index (κ3) is 3.50. The molecule has 0 aliphatic rings. The van der Waals surface area contributed by atoms with Gasteiger partial charge in [-0.3, -0.25) is 9.48 Å². The lowest BCUT2D eigenvalue weighted by atomic mass is 10.3. The first-order valence-electron chi connectivity index (χ1n) is 6.27. The fourth-order valence-corrected chi connectivity index (χ4v) is 2.25. The average molecular weight is 384 g/mol. The molecule has 106 valence electrons. The number of benzene rings is 1. The monoisotopic (exact) mass is 384 g/mol. The predicted molar refractivity (Wildman–Crippen MR) is 89.0 cm³/mol. The Morgan fingerprint density at radius 2 is 1.95 bits per heavy atom. The molecule has 0 fully saturated rings. The number of nitrogens with zero attached hydrogens (tertiary/aromatic N) is 2. The maximum absolute atomic E-state index is 12.0. The normalized spacial score (nSPS) is 10.4. The van der Waals surface area contributed by atoms with Crippen LogP contribution in [0.15, 0.2) is 24.3 Å². The van der Waals surface area contributed by atoms with E-state index in [1.807, 2.05) is 45.2 Å². The minimum atomic E-state index is -0.0808. The molecular formula is C14H17IN4O. The Bertz CT molecular complexity index is 619. The van der Waals surface area contributed by atoms with Gasteiger partial charge >= 0.3 is 0 Å². The number of aryl methyl sites for hydroxylation is 2. The number of hydrogen-bond donors (Lipinski definition) is 2. The Balaban J connectivity index is 1.94. The molecule has 20 heavy (non-hydrogen) atoms. The SMILES string of the molecule is Cc1nn(C)c(C)c1NC(=O)CNc1ccc(I)cc1. The molecule has 1 amide bonds.